The van der Waals surface area contributed by atoms with E-state index in [9.17, 15) is 19.5 Å². The number of carbonyl (C=O) groups is 3. The van der Waals surface area contributed by atoms with Crippen LogP contribution in [-0.2, 0) is 9.59 Å². The average molecular weight is 260 g/mol. The molecule has 1 N–H and O–H groups in total. The van der Waals surface area contributed by atoms with Gasteiger partial charge in [-0.3, -0.25) is 14.4 Å². The van der Waals surface area contributed by atoms with Crippen LogP contribution in [0.5, 0.6) is 5.75 Å². The van der Waals surface area contributed by atoms with E-state index < -0.39 is 11.7 Å². The number of rotatable bonds is 2. The number of carbonyl (C=O) groups excluding carboxylic acids is 3. The Hall–Kier alpha value is -1.97. The first-order valence-electron chi connectivity index (χ1n) is 6.19. The van der Waals surface area contributed by atoms with Gasteiger partial charge in [-0.05, 0) is 17.5 Å². The van der Waals surface area contributed by atoms with Crippen LogP contribution in [0.25, 0.3) is 0 Å². The van der Waals surface area contributed by atoms with Crippen molar-refractivity contribution in [2.75, 3.05) is 0 Å². The highest BCUT2D eigenvalue weighted by molar-refractivity contribution is 6.25. The summed E-state index contributed by atoms with van der Waals surface area (Å²) < 4.78 is 0. The fourth-order valence-electron chi connectivity index (χ4n) is 2.52. The predicted octanol–water partition coefficient (Wildman–Crippen LogP) is 2.15. The summed E-state index contributed by atoms with van der Waals surface area (Å²) in [4.78, 5) is 36.3. The lowest BCUT2D eigenvalue weighted by atomic mass is 9.69. The van der Waals surface area contributed by atoms with Gasteiger partial charge in [-0.25, -0.2) is 0 Å². The first kappa shape index (κ1) is 13.5. The van der Waals surface area contributed by atoms with E-state index in [1.807, 2.05) is 13.8 Å². The SMILES string of the molecule is CC1(C)CC(=O)C(C(=O)c2ccccc2O)C(=O)C1. The second-order valence-electron chi connectivity index (χ2n) is 5.76. The maximum absolute atomic E-state index is 12.3. The van der Waals surface area contributed by atoms with Crippen LogP contribution in [0.3, 0.4) is 0 Å². The molecule has 1 saturated carbocycles. The van der Waals surface area contributed by atoms with Crippen molar-refractivity contribution < 1.29 is 19.5 Å². The van der Waals surface area contributed by atoms with Gasteiger partial charge >= 0.3 is 0 Å². The number of benzene rings is 1. The van der Waals surface area contributed by atoms with Gasteiger partial charge in [0, 0.05) is 12.8 Å². The Bertz CT molecular complexity index is 537. The second-order valence-corrected chi connectivity index (χ2v) is 5.76. The highest BCUT2D eigenvalue weighted by atomic mass is 16.3. The van der Waals surface area contributed by atoms with Gasteiger partial charge in [0.1, 0.15) is 11.7 Å². The number of hydrogen-bond donors (Lipinski definition) is 1. The molecule has 0 spiro atoms. The summed E-state index contributed by atoms with van der Waals surface area (Å²) in [6.07, 6.45) is 0.422. The van der Waals surface area contributed by atoms with E-state index in [-0.39, 0.29) is 41.1 Å². The summed E-state index contributed by atoms with van der Waals surface area (Å²) in [7, 11) is 0. The molecule has 0 atom stereocenters. The molecule has 0 unspecified atom stereocenters. The van der Waals surface area contributed by atoms with Crippen LogP contribution < -0.4 is 0 Å². The Kier molecular flexibility index (Phi) is 3.27. The first-order chi connectivity index (χ1) is 8.82. The molecule has 1 aliphatic carbocycles. The minimum Gasteiger partial charge on any atom is -0.507 e. The minimum absolute atomic E-state index is 0.0360. The highest BCUT2D eigenvalue weighted by Crippen LogP contribution is 2.35. The van der Waals surface area contributed by atoms with E-state index in [2.05, 4.69) is 0 Å². The molecule has 1 aromatic rings. The number of aromatic hydroxyl groups is 1. The zero-order valence-corrected chi connectivity index (χ0v) is 11.0. The quantitative estimate of drug-likeness (QED) is 0.653. The summed E-state index contributed by atoms with van der Waals surface area (Å²) >= 11 is 0. The van der Waals surface area contributed by atoms with Crippen molar-refractivity contribution in [3.8, 4) is 5.75 Å². The van der Waals surface area contributed by atoms with Gasteiger partial charge in [-0.1, -0.05) is 26.0 Å². The van der Waals surface area contributed by atoms with Gasteiger partial charge in [-0.2, -0.15) is 0 Å². The third-order valence-corrected chi connectivity index (χ3v) is 3.38. The van der Waals surface area contributed by atoms with Crippen LogP contribution >= 0.6 is 0 Å². The van der Waals surface area contributed by atoms with E-state index in [0.717, 1.165) is 0 Å². The predicted molar refractivity (Wildman–Crippen MR) is 69.0 cm³/mol. The molecule has 4 nitrogen and oxygen atoms in total. The van der Waals surface area contributed by atoms with Crippen molar-refractivity contribution in [2.24, 2.45) is 11.3 Å². The van der Waals surface area contributed by atoms with Crippen molar-refractivity contribution in [3.05, 3.63) is 29.8 Å². The zero-order valence-electron chi connectivity index (χ0n) is 11.0. The average Bonchev–Trinajstić information content (AvgIpc) is 2.26. The summed E-state index contributed by atoms with van der Waals surface area (Å²) in [5, 5.41) is 9.64. The van der Waals surface area contributed by atoms with Gasteiger partial charge in [0.05, 0.1) is 5.56 Å². The summed E-state index contributed by atoms with van der Waals surface area (Å²) in [6.45, 7) is 3.67. The molecule has 0 aliphatic heterocycles. The third kappa shape index (κ3) is 2.57. The van der Waals surface area contributed by atoms with Crippen molar-refractivity contribution in [2.45, 2.75) is 26.7 Å². The molecular formula is C15H16O4. The minimum atomic E-state index is -1.25. The molecule has 1 fully saturated rings. The lowest BCUT2D eigenvalue weighted by molar-refractivity contribution is -0.137. The van der Waals surface area contributed by atoms with Crippen molar-refractivity contribution >= 4 is 17.3 Å². The number of Topliss-reactive ketones (excluding diaryl/α,β-unsaturated/α-hetero) is 3. The molecule has 0 saturated heterocycles. The molecule has 0 radical (unpaired) electrons. The molecule has 0 bridgehead atoms. The van der Waals surface area contributed by atoms with Gasteiger partial charge < -0.3 is 5.11 Å². The largest absolute Gasteiger partial charge is 0.507 e. The highest BCUT2D eigenvalue weighted by Gasteiger charge is 2.43. The number of hydrogen-bond acceptors (Lipinski definition) is 4. The molecule has 0 amide bonds. The van der Waals surface area contributed by atoms with Crippen molar-refractivity contribution in [1.29, 1.82) is 0 Å². The van der Waals surface area contributed by atoms with Crippen molar-refractivity contribution in [3.63, 3.8) is 0 Å². The Morgan fingerprint density at radius 3 is 2.21 bits per heavy atom. The van der Waals surface area contributed by atoms with E-state index >= 15 is 0 Å². The van der Waals surface area contributed by atoms with Crippen molar-refractivity contribution in [1.82, 2.24) is 0 Å². The molecule has 19 heavy (non-hydrogen) atoms. The molecule has 2 rings (SSSR count). The van der Waals surface area contributed by atoms with Gasteiger partial charge in [-0.15, -0.1) is 0 Å². The van der Waals surface area contributed by atoms with E-state index in [0.29, 0.717) is 0 Å². The van der Waals surface area contributed by atoms with Crippen LogP contribution in [0.1, 0.15) is 37.0 Å². The lowest BCUT2D eigenvalue weighted by Gasteiger charge is -2.31. The maximum atomic E-state index is 12.3. The topological polar surface area (TPSA) is 71.4 Å². The molecular weight excluding hydrogens is 244 g/mol. The fraction of sp³-hybridized carbons (Fsp3) is 0.400. The van der Waals surface area contributed by atoms with Gasteiger partial charge in [0.15, 0.2) is 17.3 Å². The Morgan fingerprint density at radius 2 is 1.68 bits per heavy atom. The molecule has 4 heteroatoms. The maximum Gasteiger partial charge on any atom is 0.184 e. The second kappa shape index (κ2) is 4.61. The van der Waals surface area contributed by atoms with Gasteiger partial charge in [0.25, 0.3) is 0 Å². The normalized spacial score (nSPS) is 19.5. The number of phenolic OH excluding ortho intramolecular Hbond substituents is 1. The Labute approximate surface area is 111 Å². The molecule has 0 aromatic heterocycles. The van der Waals surface area contributed by atoms with E-state index in [1.54, 1.807) is 12.1 Å². The summed E-state index contributed by atoms with van der Waals surface area (Å²) in [5.41, 5.74) is -0.349. The van der Waals surface area contributed by atoms with Crippen LogP contribution in [0.2, 0.25) is 0 Å². The van der Waals surface area contributed by atoms with Crippen LogP contribution in [-0.4, -0.2) is 22.5 Å². The lowest BCUT2D eigenvalue weighted by Crippen LogP contribution is -2.41. The molecule has 0 heterocycles. The Balaban J connectivity index is 2.33. The zero-order chi connectivity index (χ0) is 14.2. The summed E-state index contributed by atoms with van der Waals surface area (Å²) in [6, 6.07) is 5.97. The van der Waals surface area contributed by atoms with Crippen LogP contribution in [0, 0.1) is 11.3 Å². The molecule has 1 aromatic carbocycles. The first-order valence-corrected chi connectivity index (χ1v) is 6.19. The van der Waals surface area contributed by atoms with Gasteiger partial charge in [0.2, 0.25) is 0 Å². The smallest absolute Gasteiger partial charge is 0.184 e. The van der Waals surface area contributed by atoms with E-state index in [1.165, 1.54) is 12.1 Å². The molecule has 100 valence electrons. The Morgan fingerprint density at radius 1 is 1.16 bits per heavy atom. The third-order valence-electron chi connectivity index (χ3n) is 3.38. The number of para-hydroxylation sites is 1. The standard InChI is InChI=1S/C15H16O4/c1-15(2)7-11(17)13(12(18)8-15)14(19)9-5-3-4-6-10(9)16/h3-6,13,16H,7-8H2,1-2H3. The monoisotopic (exact) mass is 260 g/mol. The van der Waals surface area contributed by atoms with E-state index in [4.69, 9.17) is 0 Å². The molecule has 1 aliphatic rings. The fourth-order valence-corrected chi connectivity index (χ4v) is 2.52. The van der Waals surface area contributed by atoms with Crippen LogP contribution in [0.15, 0.2) is 24.3 Å². The number of ketones is 3. The number of phenols is 1. The van der Waals surface area contributed by atoms with Crippen LogP contribution in [0.4, 0.5) is 0 Å². The summed E-state index contributed by atoms with van der Waals surface area (Å²) in [5.74, 6) is -2.74.